The third-order valence-electron chi connectivity index (χ3n) is 4.57. The first-order valence-corrected chi connectivity index (χ1v) is 9.60. The number of fused-ring (bicyclic) bond motifs is 1. The summed E-state index contributed by atoms with van der Waals surface area (Å²) in [6.45, 7) is 6.70. The first-order chi connectivity index (χ1) is 12.7. The number of halogens is 1. The second-order valence-corrected chi connectivity index (χ2v) is 7.34. The zero-order valence-electron chi connectivity index (χ0n) is 14.1. The third-order valence-corrected chi connectivity index (χ3v) is 5.87. The lowest BCUT2D eigenvalue weighted by atomic mass is 10.1. The van der Waals surface area contributed by atoms with Gasteiger partial charge in [0.05, 0.1) is 5.39 Å². The first kappa shape index (κ1) is 17.1. The van der Waals surface area contributed by atoms with Crippen molar-refractivity contribution in [2.45, 2.75) is 0 Å². The molecule has 1 aromatic carbocycles. The average molecular weight is 385 g/mol. The minimum atomic E-state index is -0.300. The number of benzene rings is 1. The predicted molar refractivity (Wildman–Crippen MR) is 109 cm³/mol. The Morgan fingerprint density at radius 2 is 2.00 bits per heavy atom. The Bertz CT molecular complexity index is 977. The molecule has 0 aliphatic carbocycles. The molecule has 1 fully saturated rings. The van der Waals surface area contributed by atoms with Crippen molar-refractivity contribution in [3.63, 3.8) is 0 Å². The van der Waals surface area contributed by atoms with Gasteiger partial charge in [0, 0.05) is 31.7 Å². The molecule has 3 aromatic rings. The molecule has 2 aromatic heterocycles. The van der Waals surface area contributed by atoms with Crippen LogP contribution >= 0.6 is 23.6 Å². The summed E-state index contributed by atoms with van der Waals surface area (Å²) < 4.78 is 14.3. The van der Waals surface area contributed by atoms with E-state index in [-0.39, 0.29) is 5.82 Å². The van der Waals surface area contributed by atoms with E-state index in [0.29, 0.717) is 10.6 Å². The lowest BCUT2D eigenvalue weighted by Crippen LogP contribution is -2.49. The highest BCUT2D eigenvalue weighted by molar-refractivity contribution is 7.80. The molecule has 132 valence electrons. The van der Waals surface area contributed by atoms with Gasteiger partial charge in [0.15, 0.2) is 0 Å². The standard InChI is InChI=1S/C19H17FN4S2/c1-2-13-3-4-14(16(20)11-13)19(25)24-8-6-23(7-9-24)17-15-5-10-26-18(15)22-12-21-17/h2-5,10-12H,1,6-9H2. The van der Waals surface area contributed by atoms with Crippen molar-refractivity contribution < 1.29 is 4.39 Å². The molecule has 0 saturated carbocycles. The number of thiocarbonyl (C=S) groups is 1. The van der Waals surface area contributed by atoms with Crippen LogP contribution in [0, 0.1) is 5.82 Å². The van der Waals surface area contributed by atoms with Crippen LogP contribution < -0.4 is 4.90 Å². The van der Waals surface area contributed by atoms with Crippen LogP contribution in [-0.2, 0) is 0 Å². The normalized spacial score (nSPS) is 14.7. The van der Waals surface area contributed by atoms with E-state index in [1.807, 2.05) is 11.4 Å². The molecule has 0 spiro atoms. The van der Waals surface area contributed by atoms with Gasteiger partial charge in [-0.3, -0.25) is 0 Å². The van der Waals surface area contributed by atoms with Crippen LogP contribution in [0.2, 0.25) is 0 Å². The average Bonchev–Trinajstić information content (AvgIpc) is 3.16. The highest BCUT2D eigenvalue weighted by atomic mass is 32.1. The van der Waals surface area contributed by atoms with E-state index < -0.39 is 0 Å². The largest absolute Gasteiger partial charge is 0.359 e. The van der Waals surface area contributed by atoms with Gasteiger partial charge in [0.25, 0.3) is 0 Å². The Morgan fingerprint density at radius 1 is 1.19 bits per heavy atom. The fraction of sp³-hybridized carbons (Fsp3) is 0.211. The predicted octanol–water partition coefficient (Wildman–Crippen LogP) is 3.97. The van der Waals surface area contributed by atoms with Gasteiger partial charge in [-0.2, -0.15) is 0 Å². The summed E-state index contributed by atoms with van der Waals surface area (Å²) in [6, 6.07) is 7.10. The molecule has 4 nitrogen and oxygen atoms in total. The molecule has 1 aliphatic heterocycles. The van der Waals surface area contributed by atoms with Gasteiger partial charge in [-0.05, 0) is 29.1 Å². The van der Waals surface area contributed by atoms with E-state index in [1.165, 1.54) is 6.07 Å². The Kier molecular flexibility index (Phi) is 4.65. The number of hydrogen-bond donors (Lipinski definition) is 0. The molecule has 1 aliphatic rings. The SMILES string of the molecule is C=Cc1ccc(C(=S)N2CCN(c3ncnc4sccc34)CC2)c(F)c1. The fourth-order valence-electron chi connectivity index (χ4n) is 3.15. The van der Waals surface area contributed by atoms with Crippen molar-refractivity contribution in [2.24, 2.45) is 0 Å². The van der Waals surface area contributed by atoms with Crippen molar-refractivity contribution in [1.29, 1.82) is 0 Å². The van der Waals surface area contributed by atoms with Crippen molar-refractivity contribution in [2.75, 3.05) is 31.1 Å². The topological polar surface area (TPSA) is 32.3 Å². The molecule has 0 unspecified atom stereocenters. The maximum atomic E-state index is 14.3. The molecule has 0 amide bonds. The monoisotopic (exact) mass is 384 g/mol. The number of rotatable bonds is 3. The number of anilines is 1. The van der Waals surface area contributed by atoms with Crippen molar-refractivity contribution in [3.05, 3.63) is 59.5 Å². The molecule has 7 heteroatoms. The summed E-state index contributed by atoms with van der Waals surface area (Å²) in [6.07, 6.45) is 3.24. The minimum absolute atomic E-state index is 0.300. The smallest absolute Gasteiger partial charge is 0.140 e. The molecule has 0 atom stereocenters. The molecular weight excluding hydrogens is 367 g/mol. The molecule has 1 saturated heterocycles. The zero-order chi connectivity index (χ0) is 18.1. The highest BCUT2D eigenvalue weighted by Crippen LogP contribution is 2.27. The number of piperazine rings is 1. The van der Waals surface area contributed by atoms with Crippen LogP contribution in [0.15, 0.2) is 42.6 Å². The Balaban J connectivity index is 1.49. The fourth-order valence-corrected chi connectivity index (χ4v) is 4.23. The lowest BCUT2D eigenvalue weighted by molar-refractivity contribution is 0.390. The third kappa shape index (κ3) is 3.08. The van der Waals surface area contributed by atoms with Crippen LogP contribution in [0.4, 0.5) is 10.2 Å². The van der Waals surface area contributed by atoms with Crippen LogP contribution in [0.25, 0.3) is 16.3 Å². The zero-order valence-corrected chi connectivity index (χ0v) is 15.7. The maximum Gasteiger partial charge on any atom is 0.140 e. The minimum Gasteiger partial charge on any atom is -0.359 e. The van der Waals surface area contributed by atoms with Gasteiger partial charge in [-0.25, -0.2) is 14.4 Å². The van der Waals surface area contributed by atoms with Crippen LogP contribution in [-0.4, -0.2) is 46.0 Å². The molecule has 4 rings (SSSR count). The summed E-state index contributed by atoms with van der Waals surface area (Å²) in [4.78, 5) is 14.6. The van der Waals surface area contributed by atoms with E-state index >= 15 is 0 Å². The van der Waals surface area contributed by atoms with Gasteiger partial charge in [0.1, 0.15) is 27.8 Å². The number of nitrogens with zero attached hydrogens (tertiary/aromatic N) is 4. The molecule has 0 N–H and O–H groups in total. The van der Waals surface area contributed by atoms with E-state index in [1.54, 1.807) is 29.8 Å². The van der Waals surface area contributed by atoms with Crippen molar-refractivity contribution in [1.82, 2.24) is 14.9 Å². The Hall–Kier alpha value is -2.38. The molecular formula is C19H17FN4S2. The molecule has 0 radical (unpaired) electrons. The van der Waals surface area contributed by atoms with E-state index in [4.69, 9.17) is 12.2 Å². The van der Waals surface area contributed by atoms with Gasteiger partial charge in [0.2, 0.25) is 0 Å². The Labute approximate surface area is 160 Å². The van der Waals surface area contributed by atoms with Crippen molar-refractivity contribution in [3.8, 4) is 0 Å². The van der Waals surface area contributed by atoms with Gasteiger partial charge >= 0.3 is 0 Å². The summed E-state index contributed by atoms with van der Waals surface area (Å²) in [5, 5.41) is 3.11. The molecule has 3 heterocycles. The Morgan fingerprint density at radius 3 is 2.73 bits per heavy atom. The van der Waals surface area contributed by atoms with E-state index in [0.717, 1.165) is 47.8 Å². The summed E-state index contributed by atoms with van der Waals surface area (Å²) in [5.74, 6) is 0.661. The summed E-state index contributed by atoms with van der Waals surface area (Å²) >= 11 is 7.16. The van der Waals surface area contributed by atoms with Crippen LogP contribution in [0.1, 0.15) is 11.1 Å². The van der Waals surface area contributed by atoms with E-state index in [9.17, 15) is 4.39 Å². The maximum absolute atomic E-state index is 14.3. The number of hydrogen-bond acceptors (Lipinski definition) is 5. The van der Waals surface area contributed by atoms with Crippen LogP contribution in [0.5, 0.6) is 0 Å². The lowest BCUT2D eigenvalue weighted by Gasteiger charge is -2.37. The van der Waals surface area contributed by atoms with E-state index in [2.05, 4.69) is 32.4 Å². The number of aromatic nitrogens is 2. The first-order valence-electron chi connectivity index (χ1n) is 8.32. The van der Waals surface area contributed by atoms with Gasteiger partial charge < -0.3 is 9.80 Å². The second-order valence-electron chi connectivity index (χ2n) is 6.06. The van der Waals surface area contributed by atoms with Crippen molar-refractivity contribution >= 4 is 50.7 Å². The summed E-state index contributed by atoms with van der Waals surface area (Å²) in [7, 11) is 0. The second kappa shape index (κ2) is 7.09. The quantitative estimate of drug-likeness (QED) is 0.638. The summed E-state index contributed by atoms with van der Waals surface area (Å²) in [5.41, 5.74) is 1.23. The molecule has 0 bridgehead atoms. The van der Waals surface area contributed by atoms with Gasteiger partial charge in [-0.15, -0.1) is 11.3 Å². The van der Waals surface area contributed by atoms with Crippen LogP contribution in [0.3, 0.4) is 0 Å². The molecule has 26 heavy (non-hydrogen) atoms. The van der Waals surface area contributed by atoms with Gasteiger partial charge in [-0.1, -0.05) is 30.9 Å². The number of thiophene rings is 1. The highest BCUT2D eigenvalue weighted by Gasteiger charge is 2.23.